The smallest absolute Gasteiger partial charge is 0.475 e. The monoisotopic (exact) mass is 495 g/mol. The molecule has 182 valence electrons. The molecule has 0 aliphatic rings. The van der Waals surface area contributed by atoms with Gasteiger partial charge in [-0.3, -0.25) is 9.78 Å². The van der Waals surface area contributed by atoms with Gasteiger partial charge in [0, 0.05) is 35.6 Å². The highest BCUT2D eigenvalue weighted by atomic mass is 32.1. The Balaban J connectivity index is 0.000000509. The van der Waals surface area contributed by atoms with Crippen molar-refractivity contribution in [2.75, 3.05) is 5.32 Å². The first-order valence-corrected chi connectivity index (χ1v) is 11.0. The number of rotatable bonds is 7. The first-order valence-electron chi connectivity index (χ1n) is 10.1. The van der Waals surface area contributed by atoms with Crippen molar-refractivity contribution in [1.29, 1.82) is 0 Å². The molecule has 0 aliphatic carbocycles. The lowest BCUT2D eigenvalue weighted by Gasteiger charge is -2.14. The number of nitrogens with zero attached hydrogens (tertiary/aromatic N) is 3. The maximum absolute atomic E-state index is 12.2. The summed E-state index contributed by atoms with van der Waals surface area (Å²) in [5.74, 6) is -2.50. The third-order valence-corrected chi connectivity index (χ3v) is 5.61. The highest BCUT2D eigenvalue weighted by Gasteiger charge is 2.38. The molecule has 2 heterocycles. The number of amides is 1. The minimum Gasteiger partial charge on any atom is -0.475 e. The molecule has 1 atom stereocenters. The zero-order chi connectivity index (χ0) is 25.3. The van der Waals surface area contributed by atoms with Crippen LogP contribution in [-0.2, 0) is 11.3 Å². The Hall–Kier alpha value is -3.38. The number of carbonyl (C=O) groups is 2. The van der Waals surface area contributed by atoms with Crippen LogP contribution >= 0.6 is 11.3 Å². The second-order valence-electron chi connectivity index (χ2n) is 7.41. The number of hydrogen-bond donors (Lipinski definition) is 3. The van der Waals surface area contributed by atoms with E-state index in [1.807, 2.05) is 24.3 Å². The predicted molar refractivity (Wildman–Crippen MR) is 122 cm³/mol. The quantitative estimate of drug-likeness (QED) is 0.431. The first kappa shape index (κ1) is 26.9. The van der Waals surface area contributed by atoms with E-state index in [0.717, 1.165) is 21.3 Å². The molecule has 3 rings (SSSR count). The molecule has 3 aromatic rings. The maximum atomic E-state index is 12.2. The van der Waals surface area contributed by atoms with Gasteiger partial charge in [0.15, 0.2) is 0 Å². The summed E-state index contributed by atoms with van der Waals surface area (Å²) in [5, 5.41) is 24.0. The fourth-order valence-electron chi connectivity index (χ4n) is 2.49. The average molecular weight is 496 g/mol. The first-order chi connectivity index (χ1) is 16.0. The molecule has 34 heavy (non-hydrogen) atoms. The van der Waals surface area contributed by atoms with Gasteiger partial charge in [-0.25, -0.2) is 4.79 Å². The van der Waals surface area contributed by atoms with Gasteiger partial charge < -0.3 is 15.7 Å². The van der Waals surface area contributed by atoms with Crippen LogP contribution in [0.2, 0.25) is 0 Å². The molecule has 0 aliphatic heterocycles. The van der Waals surface area contributed by atoms with E-state index in [0.29, 0.717) is 18.0 Å². The van der Waals surface area contributed by atoms with Crippen molar-refractivity contribution in [3.63, 3.8) is 0 Å². The largest absolute Gasteiger partial charge is 0.490 e. The van der Waals surface area contributed by atoms with Crippen LogP contribution in [0.5, 0.6) is 0 Å². The SMILES string of the molecule is CC(C)c1nnc(CNC(C)c2ccc(NC(=O)c3ccncc3)cc2)s1.O=C(O)C(F)(F)F. The number of benzene rings is 1. The van der Waals surface area contributed by atoms with E-state index >= 15 is 0 Å². The van der Waals surface area contributed by atoms with Crippen molar-refractivity contribution < 1.29 is 27.9 Å². The van der Waals surface area contributed by atoms with Gasteiger partial charge in [0.2, 0.25) is 0 Å². The fourth-order valence-corrected chi connectivity index (χ4v) is 3.29. The van der Waals surface area contributed by atoms with Crippen LogP contribution in [0.1, 0.15) is 58.7 Å². The number of carbonyl (C=O) groups excluding carboxylic acids is 1. The molecule has 1 unspecified atom stereocenters. The van der Waals surface area contributed by atoms with Gasteiger partial charge in [-0.2, -0.15) is 13.2 Å². The lowest BCUT2D eigenvalue weighted by molar-refractivity contribution is -0.192. The van der Waals surface area contributed by atoms with Crippen molar-refractivity contribution in [1.82, 2.24) is 20.5 Å². The van der Waals surface area contributed by atoms with Crippen LogP contribution in [0.25, 0.3) is 0 Å². The zero-order valence-corrected chi connectivity index (χ0v) is 19.4. The lowest BCUT2D eigenvalue weighted by atomic mass is 10.1. The van der Waals surface area contributed by atoms with E-state index in [1.54, 1.807) is 35.9 Å². The average Bonchev–Trinajstić information content (AvgIpc) is 3.28. The number of pyridine rings is 1. The van der Waals surface area contributed by atoms with Gasteiger partial charge in [0.05, 0.1) is 6.54 Å². The predicted octanol–water partition coefficient (Wildman–Crippen LogP) is 4.79. The van der Waals surface area contributed by atoms with Gasteiger partial charge in [-0.15, -0.1) is 10.2 Å². The number of nitrogens with one attached hydrogen (secondary N) is 2. The van der Waals surface area contributed by atoms with Crippen LogP contribution in [-0.4, -0.2) is 38.3 Å². The van der Waals surface area contributed by atoms with Gasteiger partial charge in [-0.05, 0) is 36.8 Å². The highest BCUT2D eigenvalue weighted by Crippen LogP contribution is 2.21. The topological polar surface area (TPSA) is 117 Å². The Morgan fingerprint density at radius 3 is 2.12 bits per heavy atom. The third-order valence-electron chi connectivity index (χ3n) is 4.39. The molecular weight excluding hydrogens is 471 g/mol. The van der Waals surface area contributed by atoms with E-state index < -0.39 is 12.1 Å². The molecule has 0 radical (unpaired) electrons. The van der Waals surface area contributed by atoms with Gasteiger partial charge in [-0.1, -0.05) is 37.3 Å². The van der Waals surface area contributed by atoms with Crippen LogP contribution < -0.4 is 10.6 Å². The minimum atomic E-state index is -5.08. The Kier molecular flexibility index (Phi) is 9.63. The summed E-state index contributed by atoms with van der Waals surface area (Å²) in [4.78, 5) is 25.0. The standard InChI is InChI=1S/C20H23N5OS.C2HF3O2/c1-13(2)20-25-24-18(27-20)12-22-14(3)15-4-6-17(7-5-15)23-19(26)16-8-10-21-11-9-16;3-2(4,5)1(6)7/h4-11,13-14,22H,12H2,1-3H3,(H,23,26);(H,6,7). The van der Waals surface area contributed by atoms with E-state index in [9.17, 15) is 18.0 Å². The molecule has 0 fully saturated rings. The van der Waals surface area contributed by atoms with Gasteiger partial charge in [0.1, 0.15) is 10.0 Å². The number of alkyl halides is 3. The summed E-state index contributed by atoms with van der Waals surface area (Å²) < 4.78 is 31.7. The molecule has 0 spiro atoms. The van der Waals surface area contributed by atoms with Crippen molar-refractivity contribution in [3.05, 3.63) is 69.9 Å². The Morgan fingerprint density at radius 1 is 1.03 bits per heavy atom. The van der Waals surface area contributed by atoms with Gasteiger partial charge in [0.25, 0.3) is 5.91 Å². The number of aliphatic carboxylic acids is 1. The molecule has 8 nitrogen and oxygen atoms in total. The number of carboxylic acids is 1. The highest BCUT2D eigenvalue weighted by molar-refractivity contribution is 7.11. The molecular formula is C22H24F3N5O3S. The molecule has 2 aromatic heterocycles. The molecule has 1 amide bonds. The summed E-state index contributed by atoms with van der Waals surface area (Å²) in [5.41, 5.74) is 2.49. The fraction of sp³-hybridized carbons (Fsp3) is 0.318. The number of halogens is 3. The number of hydrogen-bond acceptors (Lipinski definition) is 7. The summed E-state index contributed by atoms with van der Waals surface area (Å²) in [6.07, 6.45) is -1.87. The molecule has 12 heteroatoms. The van der Waals surface area contributed by atoms with E-state index in [-0.39, 0.29) is 11.9 Å². The third kappa shape index (κ3) is 8.52. The van der Waals surface area contributed by atoms with Gasteiger partial charge >= 0.3 is 12.1 Å². The van der Waals surface area contributed by atoms with Crippen molar-refractivity contribution in [2.24, 2.45) is 0 Å². The van der Waals surface area contributed by atoms with E-state index in [2.05, 4.69) is 46.6 Å². The van der Waals surface area contributed by atoms with Crippen molar-refractivity contribution >= 4 is 28.9 Å². The van der Waals surface area contributed by atoms with E-state index in [1.165, 1.54) is 0 Å². The van der Waals surface area contributed by atoms with Crippen LogP contribution in [0, 0.1) is 0 Å². The Bertz CT molecular complexity index is 1070. The van der Waals surface area contributed by atoms with E-state index in [4.69, 9.17) is 9.90 Å². The Morgan fingerprint density at radius 2 is 1.62 bits per heavy atom. The van der Waals surface area contributed by atoms with Crippen LogP contribution in [0.4, 0.5) is 18.9 Å². The summed E-state index contributed by atoms with van der Waals surface area (Å²) in [7, 11) is 0. The maximum Gasteiger partial charge on any atom is 0.490 e. The number of aromatic nitrogens is 3. The normalized spacial score (nSPS) is 12.0. The zero-order valence-electron chi connectivity index (χ0n) is 18.6. The summed E-state index contributed by atoms with van der Waals surface area (Å²) >= 11 is 1.65. The minimum absolute atomic E-state index is 0.145. The van der Waals surface area contributed by atoms with Crippen molar-refractivity contribution in [3.8, 4) is 0 Å². The van der Waals surface area contributed by atoms with Crippen LogP contribution in [0.15, 0.2) is 48.8 Å². The lowest BCUT2D eigenvalue weighted by Crippen LogP contribution is -2.21. The molecule has 1 aromatic carbocycles. The second-order valence-corrected chi connectivity index (χ2v) is 8.50. The summed E-state index contributed by atoms with van der Waals surface area (Å²) in [6, 6.07) is 11.4. The van der Waals surface area contributed by atoms with Crippen molar-refractivity contribution in [2.45, 2.75) is 45.5 Å². The number of carboxylic acid groups (broad SMARTS) is 1. The second kappa shape index (κ2) is 12.2. The van der Waals surface area contributed by atoms with Crippen LogP contribution in [0.3, 0.4) is 0 Å². The molecule has 0 bridgehead atoms. The summed E-state index contributed by atoms with van der Waals surface area (Å²) in [6.45, 7) is 7.03. The molecule has 0 saturated heterocycles. The molecule has 0 saturated carbocycles. The number of anilines is 1. The Labute approximate surface area is 198 Å². The molecule has 3 N–H and O–H groups in total.